The summed E-state index contributed by atoms with van der Waals surface area (Å²) in [5.74, 6) is -1.62. The minimum Gasteiger partial charge on any atom is -0.481 e. The molecular formula is C36H48O7. The first-order chi connectivity index (χ1) is 20.0. The van der Waals surface area contributed by atoms with E-state index in [1.165, 1.54) is 19.4 Å². The predicted molar refractivity (Wildman–Crippen MR) is 168 cm³/mol. The molecule has 0 spiro atoms. The molecule has 3 rings (SSSR count). The Labute approximate surface area is 256 Å². The number of ether oxygens (including phenoxy) is 3. The molecular weight excluding hydrogens is 544 g/mol. The maximum absolute atomic E-state index is 12.3. The van der Waals surface area contributed by atoms with Crippen molar-refractivity contribution in [2.24, 2.45) is 11.3 Å². The van der Waals surface area contributed by atoms with Gasteiger partial charge in [0.15, 0.2) is 6.10 Å². The lowest BCUT2D eigenvalue weighted by Crippen LogP contribution is -2.53. The molecule has 0 amide bonds. The van der Waals surface area contributed by atoms with Gasteiger partial charge in [-0.2, -0.15) is 0 Å². The Balaban J connectivity index is 2.07. The van der Waals surface area contributed by atoms with Gasteiger partial charge in [0.25, 0.3) is 0 Å². The van der Waals surface area contributed by atoms with Crippen LogP contribution >= 0.6 is 0 Å². The lowest BCUT2D eigenvalue weighted by molar-refractivity contribution is -0.225. The molecule has 0 saturated carbocycles. The summed E-state index contributed by atoms with van der Waals surface area (Å²) in [4.78, 5) is 35.9. The van der Waals surface area contributed by atoms with Gasteiger partial charge >= 0.3 is 17.9 Å². The molecule has 1 aliphatic heterocycles. The van der Waals surface area contributed by atoms with Crippen molar-refractivity contribution < 1.29 is 33.7 Å². The summed E-state index contributed by atoms with van der Waals surface area (Å²) < 4.78 is 18.2. The van der Waals surface area contributed by atoms with Crippen molar-refractivity contribution in [2.75, 3.05) is 0 Å². The van der Waals surface area contributed by atoms with Crippen LogP contribution in [0.2, 0.25) is 0 Å². The Kier molecular flexibility index (Phi) is 11.0. The summed E-state index contributed by atoms with van der Waals surface area (Å²) in [6, 6.07) is 10.5. The van der Waals surface area contributed by atoms with Gasteiger partial charge in [-0.25, -0.2) is 0 Å². The topological polar surface area (TPSA) is 99.1 Å². The van der Waals surface area contributed by atoms with Crippen LogP contribution < -0.4 is 0 Å². The highest BCUT2D eigenvalue weighted by Gasteiger charge is 2.48. The smallest absolute Gasteiger partial charge is 0.312 e. The number of carboxylic acid groups (broad SMARTS) is 1. The van der Waals surface area contributed by atoms with Gasteiger partial charge in [0, 0.05) is 19.8 Å². The second-order valence-electron chi connectivity index (χ2n) is 12.8. The number of esters is 2. The van der Waals surface area contributed by atoms with Crippen molar-refractivity contribution in [3.63, 3.8) is 0 Å². The fraction of sp³-hybridized carbons (Fsp3) is 0.528. The van der Waals surface area contributed by atoms with E-state index in [4.69, 9.17) is 14.2 Å². The molecule has 0 radical (unpaired) electrons. The molecule has 0 unspecified atom stereocenters. The standard InChI is InChI=1S/C36H48O7/c1-11-31-23(6)32(41-24(7)37)34(42-25(8)38)33(43-31)30-19-28(29(20(2)3)17-22(30)5)18-27-13-12-26(16-21(27)4)14-15-36(9,10)35(39)40/h12-17,19-20,23,31-34H,11,18H2,1-10H3,(H,39,40)/b15-14+/t23-,31+,32-,33-,34-/m0/s1. The fourth-order valence-corrected chi connectivity index (χ4v) is 5.87. The molecule has 7 nitrogen and oxygen atoms in total. The summed E-state index contributed by atoms with van der Waals surface area (Å²) >= 11 is 0. The van der Waals surface area contributed by atoms with Gasteiger partial charge in [-0.15, -0.1) is 0 Å². The van der Waals surface area contributed by atoms with E-state index < -0.39 is 41.6 Å². The average Bonchev–Trinajstić information content (AvgIpc) is 2.91. The van der Waals surface area contributed by atoms with E-state index in [2.05, 4.69) is 45.0 Å². The molecule has 5 atom stereocenters. The number of hydrogen-bond acceptors (Lipinski definition) is 6. The number of aliphatic carboxylic acids is 1. The van der Waals surface area contributed by atoms with E-state index in [9.17, 15) is 19.5 Å². The van der Waals surface area contributed by atoms with Crippen LogP contribution in [-0.4, -0.2) is 41.3 Å². The van der Waals surface area contributed by atoms with Crippen molar-refractivity contribution in [3.05, 3.63) is 75.4 Å². The molecule has 0 aromatic heterocycles. The van der Waals surface area contributed by atoms with E-state index in [0.29, 0.717) is 6.42 Å². The molecule has 1 saturated heterocycles. The second kappa shape index (κ2) is 13.9. The highest BCUT2D eigenvalue weighted by Crippen LogP contribution is 2.42. The molecule has 43 heavy (non-hydrogen) atoms. The first kappa shape index (κ1) is 34.0. The van der Waals surface area contributed by atoms with Crippen molar-refractivity contribution in [1.29, 1.82) is 0 Å². The molecule has 1 aliphatic rings. The Morgan fingerprint density at radius 1 is 0.977 bits per heavy atom. The maximum atomic E-state index is 12.3. The fourth-order valence-electron chi connectivity index (χ4n) is 5.87. The lowest BCUT2D eigenvalue weighted by Gasteiger charge is -2.45. The summed E-state index contributed by atoms with van der Waals surface area (Å²) in [5, 5.41) is 9.44. The van der Waals surface area contributed by atoms with Gasteiger partial charge < -0.3 is 19.3 Å². The molecule has 1 N–H and O–H groups in total. The molecule has 1 fully saturated rings. The highest BCUT2D eigenvalue weighted by molar-refractivity contribution is 5.77. The van der Waals surface area contributed by atoms with Gasteiger partial charge in [0.1, 0.15) is 12.2 Å². The van der Waals surface area contributed by atoms with Crippen molar-refractivity contribution in [2.45, 2.75) is 112 Å². The average molecular weight is 593 g/mol. The van der Waals surface area contributed by atoms with E-state index in [1.54, 1.807) is 19.9 Å². The molecule has 234 valence electrons. The van der Waals surface area contributed by atoms with Gasteiger partial charge in [-0.05, 0) is 85.4 Å². The molecule has 0 bridgehead atoms. The van der Waals surface area contributed by atoms with Crippen LogP contribution in [0.4, 0.5) is 0 Å². The van der Waals surface area contributed by atoms with E-state index in [1.807, 2.05) is 32.9 Å². The summed E-state index contributed by atoms with van der Waals surface area (Å²) in [5.41, 5.74) is 6.57. The predicted octanol–water partition coefficient (Wildman–Crippen LogP) is 7.49. The minimum absolute atomic E-state index is 0.152. The molecule has 7 heteroatoms. The monoisotopic (exact) mass is 592 g/mol. The number of aryl methyl sites for hydroxylation is 2. The third-order valence-corrected chi connectivity index (χ3v) is 8.50. The lowest BCUT2D eigenvalue weighted by atomic mass is 9.81. The van der Waals surface area contributed by atoms with Gasteiger partial charge in [0.2, 0.25) is 0 Å². The van der Waals surface area contributed by atoms with E-state index in [-0.39, 0.29) is 17.9 Å². The largest absolute Gasteiger partial charge is 0.481 e. The van der Waals surface area contributed by atoms with Gasteiger partial charge in [0.05, 0.1) is 11.5 Å². The first-order valence-corrected chi connectivity index (χ1v) is 15.2. The molecule has 2 aromatic carbocycles. The Morgan fingerprint density at radius 2 is 1.60 bits per heavy atom. The number of rotatable bonds is 10. The quantitative estimate of drug-likeness (QED) is 0.285. The van der Waals surface area contributed by atoms with Crippen LogP contribution in [-0.2, 0) is 35.0 Å². The Morgan fingerprint density at radius 3 is 2.14 bits per heavy atom. The number of carbonyl (C=O) groups excluding carboxylic acids is 2. The maximum Gasteiger partial charge on any atom is 0.312 e. The van der Waals surface area contributed by atoms with Gasteiger partial charge in [-0.3, -0.25) is 14.4 Å². The Hall–Kier alpha value is -3.45. The zero-order valence-corrected chi connectivity index (χ0v) is 27.3. The van der Waals surface area contributed by atoms with Crippen LogP contribution in [0.5, 0.6) is 0 Å². The van der Waals surface area contributed by atoms with Crippen LogP contribution in [0, 0.1) is 25.2 Å². The molecule has 2 aromatic rings. The number of hydrogen-bond donors (Lipinski definition) is 1. The van der Waals surface area contributed by atoms with Crippen LogP contribution in [0.15, 0.2) is 36.4 Å². The summed E-state index contributed by atoms with van der Waals surface area (Å²) in [6.45, 7) is 18.6. The minimum atomic E-state index is -0.953. The number of benzene rings is 2. The third-order valence-electron chi connectivity index (χ3n) is 8.50. The normalized spacial score (nSPS) is 22.5. The zero-order chi connectivity index (χ0) is 32.2. The summed E-state index contributed by atoms with van der Waals surface area (Å²) in [7, 11) is 0. The zero-order valence-electron chi connectivity index (χ0n) is 27.3. The second-order valence-corrected chi connectivity index (χ2v) is 12.8. The number of carboxylic acids is 1. The number of carbonyl (C=O) groups is 3. The van der Waals surface area contributed by atoms with Crippen LogP contribution in [0.3, 0.4) is 0 Å². The summed E-state index contributed by atoms with van der Waals surface area (Å²) in [6.07, 6.45) is 2.79. The van der Waals surface area contributed by atoms with Crippen molar-refractivity contribution in [3.8, 4) is 0 Å². The molecule has 1 heterocycles. The van der Waals surface area contributed by atoms with Gasteiger partial charge in [-0.1, -0.05) is 70.2 Å². The first-order valence-electron chi connectivity index (χ1n) is 15.2. The third kappa shape index (κ3) is 8.14. The van der Waals surface area contributed by atoms with Crippen LogP contribution in [0.1, 0.15) is 113 Å². The van der Waals surface area contributed by atoms with E-state index in [0.717, 1.165) is 39.8 Å². The SMILES string of the molecule is CC[C@H]1O[C@@H](c2cc(Cc3ccc(/C=C/C(C)(C)C(=O)O)cc3C)c(C(C)C)cc2C)[C@@H](OC(C)=O)[C@@H](OC(C)=O)[C@H]1C. The van der Waals surface area contributed by atoms with Crippen LogP contribution in [0.25, 0.3) is 6.08 Å². The Bertz CT molecular complexity index is 1370. The van der Waals surface area contributed by atoms with E-state index >= 15 is 0 Å². The van der Waals surface area contributed by atoms with Crippen molar-refractivity contribution >= 4 is 24.0 Å². The van der Waals surface area contributed by atoms with Crippen molar-refractivity contribution in [1.82, 2.24) is 0 Å². The molecule has 0 aliphatic carbocycles. The highest BCUT2D eigenvalue weighted by atomic mass is 16.6.